The highest BCUT2D eigenvalue weighted by Crippen LogP contribution is 2.33. The third-order valence-corrected chi connectivity index (χ3v) is 4.83. The van der Waals surface area contributed by atoms with E-state index in [0.29, 0.717) is 22.5 Å². The maximum absolute atomic E-state index is 11.2. The van der Waals surface area contributed by atoms with Crippen LogP contribution in [0.2, 0.25) is 0 Å². The molecule has 0 spiro atoms. The Morgan fingerprint density at radius 3 is 1.38 bits per heavy atom. The van der Waals surface area contributed by atoms with E-state index in [2.05, 4.69) is 9.98 Å². The van der Waals surface area contributed by atoms with Crippen LogP contribution < -0.4 is 0 Å². The fourth-order valence-corrected chi connectivity index (χ4v) is 3.31. The Bertz CT molecular complexity index is 1290. The minimum absolute atomic E-state index is 0.0220. The van der Waals surface area contributed by atoms with E-state index in [0.717, 1.165) is 10.8 Å². The van der Waals surface area contributed by atoms with Crippen molar-refractivity contribution < 1.29 is 9.85 Å². The van der Waals surface area contributed by atoms with E-state index in [-0.39, 0.29) is 11.4 Å². The Labute approximate surface area is 182 Å². The molecule has 0 bridgehead atoms. The number of nitro groups is 2. The van der Waals surface area contributed by atoms with Crippen molar-refractivity contribution in [1.82, 2.24) is 0 Å². The first-order chi connectivity index (χ1) is 15.5. The molecule has 0 N–H and O–H groups in total. The summed E-state index contributed by atoms with van der Waals surface area (Å²) >= 11 is 0. The highest BCUT2D eigenvalue weighted by molar-refractivity contribution is 6.02. The largest absolute Gasteiger partial charge is 0.278 e. The molecule has 0 radical (unpaired) electrons. The summed E-state index contributed by atoms with van der Waals surface area (Å²) in [5, 5.41) is 24.1. The Morgan fingerprint density at radius 2 is 0.969 bits per heavy atom. The normalized spacial score (nSPS) is 11.4. The van der Waals surface area contributed by atoms with Gasteiger partial charge in [-0.1, -0.05) is 48.5 Å². The van der Waals surface area contributed by atoms with Gasteiger partial charge in [0, 0.05) is 35.3 Å². The second-order valence-corrected chi connectivity index (χ2v) is 6.80. The molecule has 8 nitrogen and oxygen atoms in total. The fourth-order valence-electron chi connectivity index (χ4n) is 3.31. The average molecular weight is 424 g/mol. The minimum Gasteiger partial charge on any atom is -0.258 e. The SMILES string of the molecule is O=[N+]([O-])c1ccccc1C=Nc1cccc2c(N=Cc3ccccc3[N+](=O)[O-])cccc12. The predicted molar refractivity (Wildman–Crippen MR) is 125 cm³/mol. The Balaban J connectivity index is 1.73. The van der Waals surface area contributed by atoms with Gasteiger partial charge in [-0.2, -0.15) is 0 Å². The van der Waals surface area contributed by atoms with Gasteiger partial charge in [-0.3, -0.25) is 30.2 Å². The van der Waals surface area contributed by atoms with Crippen LogP contribution >= 0.6 is 0 Å². The van der Waals surface area contributed by atoms with Crippen LogP contribution in [0, 0.1) is 20.2 Å². The third-order valence-electron chi connectivity index (χ3n) is 4.83. The summed E-state index contributed by atoms with van der Waals surface area (Å²) in [6.07, 6.45) is 2.94. The number of benzene rings is 4. The van der Waals surface area contributed by atoms with Gasteiger partial charge >= 0.3 is 0 Å². The van der Waals surface area contributed by atoms with Crippen molar-refractivity contribution in [3.8, 4) is 0 Å². The van der Waals surface area contributed by atoms with Crippen LogP contribution in [0.5, 0.6) is 0 Å². The van der Waals surface area contributed by atoms with Crippen molar-refractivity contribution in [2.24, 2.45) is 9.98 Å². The summed E-state index contributed by atoms with van der Waals surface area (Å²) in [6, 6.07) is 23.8. The summed E-state index contributed by atoms with van der Waals surface area (Å²) < 4.78 is 0. The van der Waals surface area contributed by atoms with Gasteiger partial charge in [0.1, 0.15) is 0 Å². The van der Waals surface area contributed by atoms with Gasteiger partial charge in [-0.05, 0) is 24.3 Å². The summed E-state index contributed by atoms with van der Waals surface area (Å²) in [4.78, 5) is 30.5. The monoisotopic (exact) mass is 424 g/mol. The van der Waals surface area contributed by atoms with Gasteiger partial charge in [0.15, 0.2) is 0 Å². The van der Waals surface area contributed by atoms with Gasteiger partial charge in [0.05, 0.1) is 32.3 Å². The zero-order valence-corrected chi connectivity index (χ0v) is 16.7. The number of rotatable bonds is 6. The summed E-state index contributed by atoms with van der Waals surface area (Å²) in [7, 11) is 0. The molecule has 4 aromatic carbocycles. The van der Waals surface area contributed by atoms with Gasteiger partial charge in [0.25, 0.3) is 11.4 Å². The van der Waals surface area contributed by atoms with E-state index < -0.39 is 9.85 Å². The van der Waals surface area contributed by atoms with Crippen LogP contribution in [0.25, 0.3) is 10.8 Å². The molecule has 4 rings (SSSR count). The van der Waals surface area contributed by atoms with Crippen molar-refractivity contribution in [3.05, 3.63) is 116 Å². The van der Waals surface area contributed by atoms with Crippen LogP contribution in [0.15, 0.2) is 94.9 Å². The quantitative estimate of drug-likeness (QED) is 0.210. The number of hydrogen-bond acceptors (Lipinski definition) is 6. The Morgan fingerprint density at radius 1 is 0.562 bits per heavy atom. The first kappa shape index (κ1) is 20.5. The van der Waals surface area contributed by atoms with Crippen molar-refractivity contribution in [2.45, 2.75) is 0 Å². The molecule has 32 heavy (non-hydrogen) atoms. The molecule has 0 aliphatic rings. The lowest BCUT2D eigenvalue weighted by Gasteiger charge is -2.05. The van der Waals surface area contributed by atoms with E-state index in [9.17, 15) is 20.2 Å². The number of hydrogen-bond donors (Lipinski definition) is 0. The van der Waals surface area contributed by atoms with Crippen LogP contribution in [-0.2, 0) is 0 Å². The van der Waals surface area contributed by atoms with Crippen molar-refractivity contribution in [1.29, 1.82) is 0 Å². The average Bonchev–Trinajstić information content (AvgIpc) is 2.81. The van der Waals surface area contributed by atoms with Gasteiger partial charge in [0.2, 0.25) is 0 Å². The maximum atomic E-state index is 11.2. The maximum Gasteiger partial charge on any atom is 0.278 e. The molecular formula is C24H16N4O4. The predicted octanol–water partition coefficient (Wildman–Crippen LogP) is 6.16. The molecule has 0 atom stereocenters. The van der Waals surface area contributed by atoms with Crippen LogP contribution in [0.3, 0.4) is 0 Å². The van der Waals surface area contributed by atoms with Crippen LogP contribution in [0.4, 0.5) is 22.7 Å². The number of fused-ring (bicyclic) bond motifs is 1. The molecule has 0 aromatic heterocycles. The molecule has 0 saturated heterocycles. The number of nitro benzene ring substituents is 2. The van der Waals surface area contributed by atoms with E-state index in [1.807, 2.05) is 36.4 Å². The smallest absolute Gasteiger partial charge is 0.258 e. The minimum atomic E-state index is -0.444. The second kappa shape index (κ2) is 8.97. The third kappa shape index (κ3) is 4.24. The molecule has 4 aromatic rings. The Kier molecular flexibility index (Phi) is 5.76. The highest BCUT2D eigenvalue weighted by Gasteiger charge is 2.12. The van der Waals surface area contributed by atoms with Crippen molar-refractivity contribution >= 4 is 46.0 Å². The van der Waals surface area contributed by atoms with Crippen molar-refractivity contribution in [2.75, 3.05) is 0 Å². The van der Waals surface area contributed by atoms with E-state index >= 15 is 0 Å². The summed E-state index contributed by atoms with van der Waals surface area (Å²) in [6.45, 7) is 0. The topological polar surface area (TPSA) is 111 Å². The molecule has 0 aliphatic heterocycles. The summed E-state index contributed by atoms with van der Waals surface area (Å²) in [5.74, 6) is 0. The van der Waals surface area contributed by atoms with E-state index in [4.69, 9.17) is 0 Å². The molecule has 0 heterocycles. The number of para-hydroxylation sites is 2. The molecule has 8 heteroatoms. The first-order valence-electron chi connectivity index (χ1n) is 9.61. The molecule has 0 aliphatic carbocycles. The number of aliphatic imine (C=N–C) groups is 2. The van der Waals surface area contributed by atoms with Crippen molar-refractivity contribution in [3.63, 3.8) is 0 Å². The lowest BCUT2D eigenvalue weighted by Crippen LogP contribution is -1.93. The lowest BCUT2D eigenvalue weighted by molar-refractivity contribution is -0.385. The molecular weight excluding hydrogens is 408 g/mol. The summed E-state index contributed by atoms with van der Waals surface area (Å²) in [5.41, 5.74) is 2.02. The number of nitrogens with zero attached hydrogens (tertiary/aromatic N) is 4. The highest BCUT2D eigenvalue weighted by atomic mass is 16.6. The van der Waals surface area contributed by atoms with E-state index in [1.165, 1.54) is 24.6 Å². The zero-order chi connectivity index (χ0) is 22.5. The van der Waals surface area contributed by atoms with Gasteiger partial charge < -0.3 is 0 Å². The van der Waals surface area contributed by atoms with Crippen LogP contribution in [-0.4, -0.2) is 22.3 Å². The molecule has 0 unspecified atom stereocenters. The standard InChI is InChI=1S/C24H16N4O4/c29-27(30)23-13-3-1-7-17(23)15-25-21-11-5-10-20-19(21)9-6-12-22(20)26-16-18-8-2-4-14-24(18)28(31)32/h1-16H. The first-order valence-corrected chi connectivity index (χ1v) is 9.61. The lowest BCUT2D eigenvalue weighted by atomic mass is 10.1. The Hall–Kier alpha value is -4.72. The van der Waals surface area contributed by atoms with Gasteiger partial charge in [-0.15, -0.1) is 0 Å². The molecule has 0 saturated carbocycles. The zero-order valence-electron chi connectivity index (χ0n) is 16.7. The second-order valence-electron chi connectivity index (χ2n) is 6.80. The molecule has 156 valence electrons. The molecule has 0 amide bonds. The fraction of sp³-hybridized carbons (Fsp3) is 0. The van der Waals surface area contributed by atoms with Crippen LogP contribution in [0.1, 0.15) is 11.1 Å². The van der Waals surface area contributed by atoms with Gasteiger partial charge in [-0.25, -0.2) is 0 Å². The molecule has 0 fully saturated rings. The van der Waals surface area contributed by atoms with E-state index in [1.54, 1.807) is 36.4 Å².